The van der Waals surface area contributed by atoms with Crippen LogP contribution in [0.5, 0.6) is 0 Å². The molecule has 1 unspecified atom stereocenters. The van der Waals surface area contributed by atoms with Gasteiger partial charge in [0.25, 0.3) is 11.5 Å². The van der Waals surface area contributed by atoms with Crippen LogP contribution in [-0.4, -0.2) is 42.0 Å². The van der Waals surface area contributed by atoms with Gasteiger partial charge in [0, 0.05) is 16.1 Å². The highest BCUT2D eigenvalue weighted by atomic mass is 35.5. The van der Waals surface area contributed by atoms with E-state index in [4.69, 9.17) is 28.0 Å². The number of hydrogen-bond donors (Lipinski definition) is 2. The molecule has 1 heterocycles. The number of rotatable bonds is 6. The Bertz CT molecular complexity index is 1370. The molecule has 2 aliphatic rings. The van der Waals surface area contributed by atoms with Crippen LogP contribution in [0.25, 0.3) is 0 Å². The molecule has 1 fully saturated rings. The Hall–Kier alpha value is -3.06. The topological polar surface area (TPSA) is 79.8 Å². The molecule has 4 rings (SSSR count). The van der Waals surface area contributed by atoms with E-state index in [9.17, 15) is 40.3 Å². The molecule has 1 atom stereocenters. The van der Waals surface area contributed by atoms with Crippen molar-refractivity contribution in [3.63, 3.8) is 0 Å². The summed E-state index contributed by atoms with van der Waals surface area (Å²) in [7, 11) is 0. The Morgan fingerprint density at radius 2 is 1.72 bits per heavy atom. The lowest BCUT2D eigenvalue weighted by Gasteiger charge is -2.30. The van der Waals surface area contributed by atoms with Gasteiger partial charge in [-0.2, -0.15) is 26.3 Å². The number of aryl methyl sites for hydroxylation is 1. The predicted molar refractivity (Wildman–Crippen MR) is 126 cm³/mol. The first-order chi connectivity index (χ1) is 18.0. The fraction of sp³-hybridized carbons (Fsp3) is 0.375. The Labute approximate surface area is 226 Å². The SMILES string of the molecule is Cc1cc(C2=NOC(c3cc(Cl)cc(Cl)c3F)(C(F)(F)F)C2)ccc1C(=O)NCC(=O)NC1(C(F)(F)F)CC1. The molecule has 1 saturated carbocycles. The zero-order valence-corrected chi connectivity index (χ0v) is 21.3. The molecule has 2 aromatic rings. The first-order valence-corrected chi connectivity index (χ1v) is 12.0. The number of halogens is 9. The van der Waals surface area contributed by atoms with Crippen LogP contribution in [0.15, 0.2) is 35.5 Å². The van der Waals surface area contributed by atoms with Gasteiger partial charge in [0.2, 0.25) is 5.91 Å². The summed E-state index contributed by atoms with van der Waals surface area (Å²) in [4.78, 5) is 29.2. The minimum Gasteiger partial charge on any atom is -0.374 e. The number of nitrogens with one attached hydrogen (secondary N) is 2. The first-order valence-electron chi connectivity index (χ1n) is 11.2. The van der Waals surface area contributed by atoms with Gasteiger partial charge in [0.15, 0.2) is 0 Å². The van der Waals surface area contributed by atoms with E-state index in [-0.39, 0.29) is 40.3 Å². The summed E-state index contributed by atoms with van der Waals surface area (Å²) in [5.74, 6) is -3.19. The van der Waals surface area contributed by atoms with Crippen molar-refractivity contribution in [3.8, 4) is 0 Å². The molecule has 15 heteroatoms. The van der Waals surface area contributed by atoms with Crippen LogP contribution in [-0.2, 0) is 15.2 Å². The maximum atomic E-state index is 14.7. The maximum absolute atomic E-state index is 14.7. The van der Waals surface area contributed by atoms with Crippen LogP contribution in [0.4, 0.5) is 30.7 Å². The second kappa shape index (κ2) is 9.84. The van der Waals surface area contributed by atoms with Crippen LogP contribution in [0.1, 0.15) is 46.3 Å². The largest absolute Gasteiger partial charge is 0.435 e. The molecular formula is C24H18Cl2F7N3O3. The lowest BCUT2D eigenvalue weighted by Crippen LogP contribution is -2.50. The van der Waals surface area contributed by atoms with Crippen LogP contribution < -0.4 is 10.6 Å². The number of nitrogens with zero attached hydrogens (tertiary/aromatic N) is 1. The van der Waals surface area contributed by atoms with Crippen molar-refractivity contribution in [2.75, 3.05) is 6.54 Å². The molecule has 1 aliphatic carbocycles. The molecule has 1 aliphatic heterocycles. The summed E-state index contributed by atoms with van der Waals surface area (Å²) in [5.41, 5.74) is -6.26. The van der Waals surface area contributed by atoms with Crippen LogP contribution >= 0.6 is 23.2 Å². The Kier molecular flexibility index (Phi) is 7.30. The van der Waals surface area contributed by atoms with E-state index in [1.165, 1.54) is 25.1 Å². The van der Waals surface area contributed by atoms with Crippen molar-refractivity contribution < 1.29 is 45.2 Å². The molecule has 2 amide bonds. The summed E-state index contributed by atoms with van der Waals surface area (Å²) in [5, 5.41) is 6.74. The molecule has 2 N–H and O–H groups in total. The van der Waals surface area contributed by atoms with Crippen LogP contribution in [0.2, 0.25) is 10.0 Å². The standard InChI is InChI=1S/C24H18Cl2F7N3O3/c1-11-6-12(2-3-14(11)20(38)34-10-18(37)35-21(4-5-21)23(28,29)30)17-9-22(39-36-17,24(31,32)33)15-7-13(25)8-16(26)19(15)27/h2-3,6-8H,4-5,9-10H2,1H3,(H,34,38)(H,35,37). The minimum absolute atomic E-state index is 0.0118. The third-order valence-electron chi connectivity index (χ3n) is 6.50. The lowest BCUT2D eigenvalue weighted by atomic mass is 9.85. The average Bonchev–Trinajstić information content (AvgIpc) is 3.47. The molecule has 0 bridgehead atoms. The van der Waals surface area contributed by atoms with Gasteiger partial charge in [-0.1, -0.05) is 34.4 Å². The van der Waals surface area contributed by atoms with Crippen LogP contribution in [0.3, 0.4) is 0 Å². The summed E-state index contributed by atoms with van der Waals surface area (Å²) in [6.45, 7) is 0.728. The summed E-state index contributed by atoms with van der Waals surface area (Å²) < 4.78 is 96.3. The van der Waals surface area contributed by atoms with E-state index in [0.29, 0.717) is 0 Å². The van der Waals surface area contributed by atoms with Crippen molar-refractivity contribution in [2.45, 2.75) is 49.7 Å². The second-order valence-electron chi connectivity index (χ2n) is 9.22. The van der Waals surface area contributed by atoms with Crippen molar-refractivity contribution in [2.24, 2.45) is 5.16 Å². The number of alkyl halides is 6. The van der Waals surface area contributed by atoms with Gasteiger partial charge in [-0.3, -0.25) is 9.59 Å². The summed E-state index contributed by atoms with van der Waals surface area (Å²) in [6, 6.07) is 5.53. The van der Waals surface area contributed by atoms with Crippen molar-refractivity contribution in [3.05, 3.63) is 68.4 Å². The first kappa shape index (κ1) is 28.9. The van der Waals surface area contributed by atoms with Gasteiger partial charge in [0.05, 0.1) is 23.7 Å². The summed E-state index contributed by atoms with van der Waals surface area (Å²) in [6.07, 6.45) is -11.2. The number of hydrogen-bond acceptors (Lipinski definition) is 4. The third-order valence-corrected chi connectivity index (χ3v) is 6.99. The molecule has 0 saturated heterocycles. The fourth-order valence-corrected chi connectivity index (χ4v) is 4.65. The van der Waals surface area contributed by atoms with Crippen molar-refractivity contribution in [1.82, 2.24) is 10.6 Å². The number of oxime groups is 1. The molecule has 0 radical (unpaired) electrons. The fourth-order valence-electron chi connectivity index (χ4n) is 4.16. The minimum atomic E-state index is -5.13. The monoisotopic (exact) mass is 599 g/mol. The van der Waals surface area contributed by atoms with E-state index in [2.05, 4.69) is 10.5 Å². The smallest absolute Gasteiger partial charge is 0.374 e. The highest BCUT2D eigenvalue weighted by Crippen LogP contribution is 2.51. The van der Waals surface area contributed by atoms with Crippen molar-refractivity contribution >= 4 is 40.7 Å². The van der Waals surface area contributed by atoms with Gasteiger partial charge in [-0.05, 0) is 55.2 Å². The van der Waals surface area contributed by atoms with E-state index in [0.717, 1.165) is 12.1 Å². The second-order valence-corrected chi connectivity index (χ2v) is 10.1. The van der Waals surface area contributed by atoms with Gasteiger partial charge < -0.3 is 15.5 Å². The number of amides is 2. The van der Waals surface area contributed by atoms with E-state index in [1.54, 1.807) is 0 Å². The molecule has 0 spiro atoms. The number of carbonyl (C=O) groups is 2. The quantitative estimate of drug-likeness (QED) is 0.317. The normalized spacial score (nSPS) is 20.2. The summed E-state index contributed by atoms with van der Waals surface area (Å²) >= 11 is 11.5. The molecule has 0 aromatic heterocycles. The van der Waals surface area contributed by atoms with Gasteiger partial charge in [-0.25, -0.2) is 4.39 Å². The Morgan fingerprint density at radius 1 is 1.05 bits per heavy atom. The molecular weight excluding hydrogens is 582 g/mol. The molecule has 210 valence electrons. The maximum Gasteiger partial charge on any atom is 0.435 e. The Morgan fingerprint density at radius 3 is 2.28 bits per heavy atom. The molecule has 39 heavy (non-hydrogen) atoms. The number of carbonyl (C=O) groups excluding carboxylic acids is 2. The zero-order chi connectivity index (χ0) is 29.0. The zero-order valence-electron chi connectivity index (χ0n) is 19.8. The number of benzene rings is 2. The van der Waals surface area contributed by atoms with Crippen molar-refractivity contribution in [1.29, 1.82) is 0 Å². The highest BCUT2D eigenvalue weighted by Gasteiger charge is 2.65. The molecule has 2 aromatic carbocycles. The van der Waals surface area contributed by atoms with Gasteiger partial charge in [-0.15, -0.1) is 0 Å². The average molecular weight is 600 g/mol. The predicted octanol–water partition coefficient (Wildman–Crippen LogP) is 5.96. The van der Waals surface area contributed by atoms with E-state index >= 15 is 0 Å². The van der Waals surface area contributed by atoms with E-state index < -0.39 is 64.7 Å². The Balaban J connectivity index is 1.49. The third kappa shape index (κ3) is 5.38. The van der Waals surface area contributed by atoms with Gasteiger partial charge in [0.1, 0.15) is 11.4 Å². The lowest BCUT2D eigenvalue weighted by molar-refractivity contribution is -0.276. The van der Waals surface area contributed by atoms with Gasteiger partial charge >= 0.3 is 12.4 Å². The highest BCUT2D eigenvalue weighted by molar-refractivity contribution is 6.34. The molecule has 6 nitrogen and oxygen atoms in total. The van der Waals surface area contributed by atoms with E-state index in [1.807, 2.05) is 5.32 Å². The van der Waals surface area contributed by atoms with Crippen LogP contribution in [0, 0.1) is 12.7 Å².